The van der Waals surface area contributed by atoms with Gasteiger partial charge in [0, 0.05) is 30.6 Å². The van der Waals surface area contributed by atoms with Gasteiger partial charge >= 0.3 is 0 Å². The predicted molar refractivity (Wildman–Crippen MR) is 94.4 cm³/mol. The van der Waals surface area contributed by atoms with Gasteiger partial charge in [0.1, 0.15) is 5.52 Å². The lowest BCUT2D eigenvalue weighted by Crippen LogP contribution is -2.41. The topological polar surface area (TPSA) is 58.4 Å². The molecule has 0 atom stereocenters. The van der Waals surface area contributed by atoms with E-state index in [2.05, 4.69) is 15.2 Å². The Kier molecular flexibility index (Phi) is 4.35. The van der Waals surface area contributed by atoms with E-state index in [-0.39, 0.29) is 5.91 Å². The number of amides is 1. The van der Waals surface area contributed by atoms with Crippen LogP contribution in [0.15, 0.2) is 22.6 Å². The minimum Gasteiger partial charge on any atom is -0.423 e. The highest BCUT2D eigenvalue weighted by molar-refractivity contribution is 6.31. The molecular formula is C18H22ClN3O2. The van der Waals surface area contributed by atoms with Crippen molar-refractivity contribution < 1.29 is 9.21 Å². The van der Waals surface area contributed by atoms with E-state index < -0.39 is 0 Å². The highest BCUT2D eigenvalue weighted by Crippen LogP contribution is 2.29. The monoisotopic (exact) mass is 347 g/mol. The third kappa shape index (κ3) is 3.36. The quantitative estimate of drug-likeness (QED) is 0.915. The third-order valence-electron chi connectivity index (χ3n) is 5.17. The van der Waals surface area contributed by atoms with Crippen molar-refractivity contribution in [2.75, 3.05) is 18.0 Å². The molecule has 1 saturated heterocycles. The SMILES string of the molecule is O=C(CC1CCN(c2nc3cc(Cl)ccc3o2)CC1)NC1CCC1. The van der Waals surface area contributed by atoms with Gasteiger partial charge in [0.15, 0.2) is 5.58 Å². The summed E-state index contributed by atoms with van der Waals surface area (Å²) in [4.78, 5) is 18.7. The number of aromatic nitrogens is 1. The molecule has 2 aliphatic rings. The second-order valence-electron chi connectivity index (χ2n) is 6.94. The van der Waals surface area contributed by atoms with Crippen LogP contribution in [0.25, 0.3) is 11.1 Å². The predicted octanol–water partition coefficient (Wildman–Crippen LogP) is 3.76. The standard InChI is InChI=1S/C18H22ClN3O2/c19-13-4-5-16-15(11-13)21-18(24-16)22-8-6-12(7-9-22)10-17(23)20-14-2-1-3-14/h4-5,11-12,14H,1-3,6-10H2,(H,20,23). The first kappa shape index (κ1) is 15.8. The molecule has 1 aliphatic carbocycles. The molecule has 2 heterocycles. The number of fused-ring (bicyclic) bond motifs is 1. The van der Waals surface area contributed by atoms with Crippen LogP contribution in [0, 0.1) is 5.92 Å². The second-order valence-corrected chi connectivity index (χ2v) is 7.37. The molecule has 1 saturated carbocycles. The number of anilines is 1. The molecule has 6 heteroatoms. The number of oxazole rings is 1. The number of piperidine rings is 1. The number of nitrogens with zero attached hydrogens (tertiary/aromatic N) is 2. The molecule has 1 aliphatic heterocycles. The van der Waals surface area contributed by atoms with Gasteiger partial charge in [-0.25, -0.2) is 0 Å². The maximum Gasteiger partial charge on any atom is 0.298 e. The average molecular weight is 348 g/mol. The molecule has 0 radical (unpaired) electrons. The maximum absolute atomic E-state index is 12.0. The molecule has 1 aromatic heterocycles. The summed E-state index contributed by atoms with van der Waals surface area (Å²) < 4.78 is 5.83. The Balaban J connectivity index is 1.32. The van der Waals surface area contributed by atoms with Crippen LogP contribution >= 0.6 is 11.6 Å². The zero-order valence-corrected chi connectivity index (χ0v) is 14.4. The van der Waals surface area contributed by atoms with Gasteiger partial charge < -0.3 is 14.6 Å². The van der Waals surface area contributed by atoms with Crippen LogP contribution in [0.1, 0.15) is 38.5 Å². The molecule has 5 nitrogen and oxygen atoms in total. The summed E-state index contributed by atoms with van der Waals surface area (Å²) in [6.07, 6.45) is 6.18. The smallest absolute Gasteiger partial charge is 0.298 e. The lowest BCUT2D eigenvalue weighted by molar-refractivity contribution is -0.123. The van der Waals surface area contributed by atoms with Crippen LogP contribution in [-0.2, 0) is 4.79 Å². The second kappa shape index (κ2) is 6.63. The molecule has 128 valence electrons. The van der Waals surface area contributed by atoms with Gasteiger partial charge in [-0.05, 0) is 56.2 Å². The zero-order chi connectivity index (χ0) is 16.5. The van der Waals surface area contributed by atoms with Crippen LogP contribution in [0.2, 0.25) is 5.02 Å². The summed E-state index contributed by atoms with van der Waals surface area (Å²) in [5.74, 6) is 0.676. The third-order valence-corrected chi connectivity index (χ3v) is 5.40. The van der Waals surface area contributed by atoms with E-state index in [9.17, 15) is 4.79 Å². The normalized spacial score (nSPS) is 19.5. The number of nitrogens with one attached hydrogen (secondary N) is 1. The Labute approximate surface area is 146 Å². The number of rotatable bonds is 4. The number of benzene rings is 1. The molecule has 0 bridgehead atoms. The minimum atomic E-state index is 0.217. The van der Waals surface area contributed by atoms with Crippen molar-refractivity contribution in [3.63, 3.8) is 0 Å². The fourth-order valence-corrected chi connectivity index (χ4v) is 3.62. The number of hydrogen-bond donors (Lipinski definition) is 1. The van der Waals surface area contributed by atoms with Gasteiger partial charge in [-0.15, -0.1) is 0 Å². The van der Waals surface area contributed by atoms with Crippen LogP contribution < -0.4 is 10.2 Å². The lowest BCUT2D eigenvalue weighted by atomic mass is 9.91. The Morgan fingerprint density at radius 3 is 2.79 bits per heavy atom. The largest absolute Gasteiger partial charge is 0.423 e. The van der Waals surface area contributed by atoms with E-state index in [0.29, 0.717) is 29.4 Å². The van der Waals surface area contributed by atoms with Gasteiger partial charge in [0.2, 0.25) is 5.91 Å². The number of carbonyl (C=O) groups is 1. The van der Waals surface area contributed by atoms with Crippen molar-refractivity contribution in [3.05, 3.63) is 23.2 Å². The first-order valence-corrected chi connectivity index (χ1v) is 9.15. The molecule has 1 amide bonds. The molecular weight excluding hydrogens is 326 g/mol. The van der Waals surface area contributed by atoms with Crippen LogP contribution in [0.5, 0.6) is 0 Å². The summed E-state index contributed by atoms with van der Waals surface area (Å²) in [6.45, 7) is 1.75. The van der Waals surface area contributed by atoms with Crippen molar-refractivity contribution in [2.24, 2.45) is 5.92 Å². The minimum absolute atomic E-state index is 0.217. The van der Waals surface area contributed by atoms with E-state index in [4.69, 9.17) is 16.0 Å². The maximum atomic E-state index is 12.0. The van der Waals surface area contributed by atoms with E-state index in [1.807, 2.05) is 18.2 Å². The fourth-order valence-electron chi connectivity index (χ4n) is 3.45. The number of halogens is 1. The summed E-state index contributed by atoms with van der Waals surface area (Å²) in [5.41, 5.74) is 1.55. The van der Waals surface area contributed by atoms with E-state index in [1.165, 1.54) is 6.42 Å². The van der Waals surface area contributed by atoms with Gasteiger partial charge in [-0.2, -0.15) is 4.98 Å². The highest BCUT2D eigenvalue weighted by atomic mass is 35.5. The van der Waals surface area contributed by atoms with Crippen LogP contribution in [0.3, 0.4) is 0 Å². The van der Waals surface area contributed by atoms with Gasteiger partial charge in [0.25, 0.3) is 6.01 Å². The van der Waals surface area contributed by atoms with Gasteiger partial charge in [-0.3, -0.25) is 4.79 Å². The molecule has 0 spiro atoms. The van der Waals surface area contributed by atoms with Crippen molar-refractivity contribution in [2.45, 2.75) is 44.6 Å². The molecule has 2 fully saturated rings. The van der Waals surface area contributed by atoms with E-state index in [0.717, 1.165) is 49.9 Å². The summed E-state index contributed by atoms with van der Waals surface area (Å²) in [7, 11) is 0. The van der Waals surface area contributed by atoms with E-state index in [1.54, 1.807) is 0 Å². The van der Waals surface area contributed by atoms with Gasteiger partial charge in [-0.1, -0.05) is 11.6 Å². The summed E-state index contributed by atoms with van der Waals surface area (Å²) >= 11 is 6.00. The average Bonchev–Trinajstić information content (AvgIpc) is 2.95. The van der Waals surface area contributed by atoms with Crippen molar-refractivity contribution in [1.29, 1.82) is 0 Å². The number of hydrogen-bond acceptors (Lipinski definition) is 4. The Morgan fingerprint density at radius 2 is 2.08 bits per heavy atom. The highest BCUT2D eigenvalue weighted by Gasteiger charge is 2.26. The molecule has 1 N–H and O–H groups in total. The zero-order valence-electron chi connectivity index (χ0n) is 13.6. The lowest BCUT2D eigenvalue weighted by Gasteiger charge is -2.31. The molecule has 24 heavy (non-hydrogen) atoms. The van der Waals surface area contributed by atoms with Crippen LogP contribution in [0.4, 0.5) is 6.01 Å². The van der Waals surface area contributed by atoms with Crippen molar-refractivity contribution in [3.8, 4) is 0 Å². The molecule has 0 unspecified atom stereocenters. The van der Waals surface area contributed by atoms with Crippen molar-refractivity contribution >= 4 is 34.6 Å². The molecule has 4 rings (SSSR count). The Morgan fingerprint density at radius 1 is 1.29 bits per heavy atom. The van der Waals surface area contributed by atoms with Gasteiger partial charge in [0.05, 0.1) is 0 Å². The van der Waals surface area contributed by atoms with Crippen LogP contribution in [-0.4, -0.2) is 30.0 Å². The number of carbonyl (C=O) groups excluding carboxylic acids is 1. The Hall–Kier alpha value is -1.75. The summed E-state index contributed by atoms with van der Waals surface area (Å²) in [6, 6.07) is 6.58. The molecule has 1 aromatic carbocycles. The molecule has 2 aromatic rings. The first-order chi connectivity index (χ1) is 11.7. The van der Waals surface area contributed by atoms with Crippen molar-refractivity contribution in [1.82, 2.24) is 10.3 Å². The summed E-state index contributed by atoms with van der Waals surface area (Å²) in [5, 5.41) is 3.80. The Bertz CT molecular complexity index is 733. The fraction of sp³-hybridized carbons (Fsp3) is 0.556. The first-order valence-electron chi connectivity index (χ1n) is 8.78. The van der Waals surface area contributed by atoms with E-state index >= 15 is 0 Å².